The molecule has 0 saturated heterocycles. The van der Waals surface area contributed by atoms with E-state index in [4.69, 9.17) is 4.42 Å². The highest BCUT2D eigenvalue weighted by atomic mass is 16.3. The molecule has 0 aliphatic heterocycles. The van der Waals surface area contributed by atoms with Crippen molar-refractivity contribution in [3.63, 3.8) is 0 Å². The molecule has 1 heterocycles. The van der Waals surface area contributed by atoms with Crippen LogP contribution in [-0.4, -0.2) is 0 Å². The van der Waals surface area contributed by atoms with Crippen molar-refractivity contribution < 1.29 is 4.42 Å². The van der Waals surface area contributed by atoms with E-state index in [1.54, 1.807) is 0 Å². The maximum Gasteiger partial charge on any atom is 0.135 e. The van der Waals surface area contributed by atoms with Crippen molar-refractivity contribution in [3.8, 4) is 0 Å². The number of para-hydroxylation sites is 1. The number of fused-ring (bicyclic) bond motifs is 3. The minimum atomic E-state index is 0.932. The summed E-state index contributed by atoms with van der Waals surface area (Å²) in [6.45, 7) is 6.72. The van der Waals surface area contributed by atoms with Gasteiger partial charge in [0.25, 0.3) is 0 Å². The maximum absolute atomic E-state index is 5.93. The lowest BCUT2D eigenvalue weighted by atomic mass is 9.94. The molecule has 132 valence electrons. The second-order valence-electron chi connectivity index (χ2n) is 6.77. The summed E-state index contributed by atoms with van der Waals surface area (Å²) in [7, 11) is 0. The molecule has 2 nitrogen and oxygen atoms in total. The van der Waals surface area contributed by atoms with Crippen molar-refractivity contribution in [2.45, 2.75) is 40.0 Å². The molecule has 3 aromatic carbocycles. The van der Waals surface area contributed by atoms with Gasteiger partial charge in [-0.05, 0) is 72.4 Å². The predicted molar refractivity (Wildman–Crippen MR) is 112 cm³/mol. The Morgan fingerprint density at radius 3 is 2.08 bits per heavy atom. The molecular weight excluding hydrogens is 318 g/mol. The van der Waals surface area contributed by atoms with Crippen LogP contribution < -0.4 is 5.32 Å². The van der Waals surface area contributed by atoms with Gasteiger partial charge in [0.2, 0.25) is 0 Å². The Morgan fingerprint density at radius 1 is 0.692 bits per heavy atom. The summed E-state index contributed by atoms with van der Waals surface area (Å²) in [4.78, 5) is 0. The fourth-order valence-electron chi connectivity index (χ4n) is 3.93. The van der Waals surface area contributed by atoms with Crippen LogP contribution in [0.3, 0.4) is 0 Å². The summed E-state index contributed by atoms with van der Waals surface area (Å²) in [5.74, 6) is 0. The van der Waals surface area contributed by atoms with Gasteiger partial charge in [-0.15, -0.1) is 0 Å². The van der Waals surface area contributed by atoms with E-state index < -0.39 is 0 Å². The van der Waals surface area contributed by atoms with Crippen molar-refractivity contribution in [1.29, 1.82) is 0 Å². The number of benzene rings is 3. The van der Waals surface area contributed by atoms with Crippen LogP contribution in [0.5, 0.6) is 0 Å². The van der Waals surface area contributed by atoms with Gasteiger partial charge in [0.15, 0.2) is 0 Å². The molecule has 0 spiro atoms. The number of rotatable bonds is 5. The number of furan rings is 1. The van der Waals surface area contributed by atoms with Crippen LogP contribution in [0, 0.1) is 0 Å². The Hall–Kier alpha value is -2.74. The third-order valence-electron chi connectivity index (χ3n) is 5.22. The monoisotopic (exact) mass is 343 g/mol. The van der Waals surface area contributed by atoms with Crippen molar-refractivity contribution in [3.05, 3.63) is 71.3 Å². The molecule has 26 heavy (non-hydrogen) atoms. The standard InChI is InChI=1S/C24H25NO/c1-4-16-13-19(14-17(5-2)20(16)6-3)25-18-11-12-24-22(15-18)21-9-7-8-10-23(21)26-24/h7-15,25H,4-6H2,1-3H3. The quantitative estimate of drug-likeness (QED) is 0.421. The Bertz CT molecular complexity index is 1050. The molecular formula is C24H25NO. The minimum absolute atomic E-state index is 0.932. The van der Waals surface area contributed by atoms with Crippen molar-refractivity contribution in [2.24, 2.45) is 0 Å². The van der Waals surface area contributed by atoms with Crippen molar-refractivity contribution in [2.75, 3.05) is 5.32 Å². The van der Waals surface area contributed by atoms with E-state index in [1.165, 1.54) is 22.4 Å². The van der Waals surface area contributed by atoms with Gasteiger partial charge in [0, 0.05) is 22.1 Å². The normalized spacial score (nSPS) is 11.3. The van der Waals surface area contributed by atoms with E-state index in [2.05, 4.69) is 68.6 Å². The van der Waals surface area contributed by atoms with E-state index >= 15 is 0 Å². The van der Waals surface area contributed by atoms with Crippen LogP contribution in [-0.2, 0) is 19.3 Å². The summed E-state index contributed by atoms with van der Waals surface area (Å²) in [5, 5.41) is 5.93. The fourth-order valence-corrected chi connectivity index (χ4v) is 3.93. The molecule has 0 unspecified atom stereocenters. The van der Waals surface area contributed by atoms with Crippen molar-refractivity contribution >= 4 is 33.3 Å². The molecule has 1 aromatic heterocycles. The van der Waals surface area contributed by atoms with Crippen LogP contribution >= 0.6 is 0 Å². The Kier molecular flexibility index (Phi) is 4.42. The summed E-state index contributed by atoms with van der Waals surface area (Å²) in [6.07, 6.45) is 3.23. The Balaban J connectivity index is 1.76. The van der Waals surface area contributed by atoms with E-state index in [0.29, 0.717) is 0 Å². The summed E-state index contributed by atoms with van der Waals surface area (Å²) in [6, 6.07) is 19.1. The zero-order chi connectivity index (χ0) is 18.1. The molecule has 0 fully saturated rings. The number of hydrogen-bond donors (Lipinski definition) is 1. The smallest absolute Gasteiger partial charge is 0.135 e. The van der Waals surface area contributed by atoms with E-state index in [1.807, 2.05) is 12.1 Å². The molecule has 0 aliphatic carbocycles. The van der Waals surface area contributed by atoms with Gasteiger partial charge in [-0.1, -0.05) is 39.0 Å². The average molecular weight is 343 g/mol. The van der Waals surface area contributed by atoms with Crippen LogP contribution in [0.1, 0.15) is 37.5 Å². The lowest BCUT2D eigenvalue weighted by Crippen LogP contribution is -2.01. The predicted octanol–water partition coefficient (Wildman–Crippen LogP) is 7.02. The maximum atomic E-state index is 5.93. The Labute approximate surface area is 154 Å². The lowest BCUT2D eigenvalue weighted by molar-refractivity contribution is 0.669. The van der Waals surface area contributed by atoms with E-state index in [0.717, 1.165) is 46.9 Å². The molecule has 4 rings (SSSR count). The highest BCUT2D eigenvalue weighted by Gasteiger charge is 2.10. The number of hydrogen-bond acceptors (Lipinski definition) is 2. The van der Waals surface area contributed by atoms with E-state index in [-0.39, 0.29) is 0 Å². The van der Waals surface area contributed by atoms with Crippen LogP contribution in [0.15, 0.2) is 59.0 Å². The third-order valence-corrected chi connectivity index (χ3v) is 5.22. The summed E-state index contributed by atoms with van der Waals surface area (Å²) >= 11 is 0. The summed E-state index contributed by atoms with van der Waals surface area (Å²) < 4.78 is 5.93. The first kappa shape index (κ1) is 16.7. The Morgan fingerprint density at radius 2 is 1.38 bits per heavy atom. The molecule has 0 saturated carbocycles. The SMILES string of the molecule is CCc1cc(Nc2ccc3oc4ccccc4c3c2)cc(CC)c1CC. The second kappa shape index (κ2) is 6.87. The molecule has 0 bridgehead atoms. The van der Waals surface area contributed by atoms with Gasteiger partial charge in [-0.25, -0.2) is 0 Å². The molecule has 1 N–H and O–H groups in total. The first-order valence-electron chi connectivity index (χ1n) is 9.56. The molecule has 0 atom stereocenters. The third kappa shape index (κ3) is 2.86. The van der Waals surface area contributed by atoms with Gasteiger partial charge in [0.1, 0.15) is 11.2 Å². The minimum Gasteiger partial charge on any atom is -0.456 e. The van der Waals surface area contributed by atoms with Crippen LogP contribution in [0.25, 0.3) is 21.9 Å². The van der Waals surface area contributed by atoms with Gasteiger partial charge < -0.3 is 9.73 Å². The van der Waals surface area contributed by atoms with Gasteiger partial charge in [-0.3, -0.25) is 0 Å². The highest BCUT2D eigenvalue weighted by molar-refractivity contribution is 6.06. The lowest BCUT2D eigenvalue weighted by Gasteiger charge is -2.16. The zero-order valence-electron chi connectivity index (χ0n) is 15.7. The topological polar surface area (TPSA) is 25.2 Å². The molecule has 2 heteroatoms. The molecule has 0 amide bonds. The number of anilines is 2. The fraction of sp³-hybridized carbons (Fsp3) is 0.250. The summed E-state index contributed by atoms with van der Waals surface area (Å²) in [5.41, 5.74) is 8.54. The molecule has 0 radical (unpaired) electrons. The van der Waals surface area contributed by atoms with Gasteiger partial charge >= 0.3 is 0 Å². The van der Waals surface area contributed by atoms with Crippen LogP contribution in [0.4, 0.5) is 11.4 Å². The largest absolute Gasteiger partial charge is 0.456 e. The average Bonchev–Trinajstić information content (AvgIpc) is 3.05. The first-order valence-corrected chi connectivity index (χ1v) is 9.56. The number of aryl methyl sites for hydroxylation is 2. The zero-order valence-corrected chi connectivity index (χ0v) is 15.7. The van der Waals surface area contributed by atoms with Crippen LogP contribution in [0.2, 0.25) is 0 Å². The molecule has 0 aliphatic rings. The molecule has 4 aromatic rings. The van der Waals surface area contributed by atoms with Gasteiger partial charge in [0.05, 0.1) is 0 Å². The van der Waals surface area contributed by atoms with Crippen molar-refractivity contribution in [1.82, 2.24) is 0 Å². The second-order valence-corrected chi connectivity index (χ2v) is 6.77. The van der Waals surface area contributed by atoms with Gasteiger partial charge in [-0.2, -0.15) is 0 Å². The highest BCUT2D eigenvalue weighted by Crippen LogP contribution is 2.32. The first-order chi connectivity index (χ1) is 12.7. The number of nitrogens with one attached hydrogen (secondary N) is 1. The van der Waals surface area contributed by atoms with E-state index in [9.17, 15) is 0 Å².